The lowest BCUT2D eigenvalue weighted by Gasteiger charge is -2.31. The molecule has 1 aliphatic carbocycles. The minimum Gasteiger partial charge on any atom is -0.488 e. The Kier molecular flexibility index (Phi) is 6.02. The third-order valence-corrected chi connectivity index (χ3v) is 8.25. The van der Waals surface area contributed by atoms with Gasteiger partial charge in [0, 0.05) is 16.7 Å². The number of carbonyl (C=O) groups is 1. The van der Waals surface area contributed by atoms with E-state index in [2.05, 4.69) is 15.3 Å². The summed E-state index contributed by atoms with van der Waals surface area (Å²) in [5, 5.41) is 15.0. The van der Waals surface area contributed by atoms with Crippen LogP contribution in [0.3, 0.4) is 0 Å². The number of nitrogens with zero attached hydrogens (tertiary/aromatic N) is 2. The highest BCUT2D eigenvalue weighted by atomic mass is 32.1. The Balaban J connectivity index is 1.40. The number of nitrogens with two attached hydrogens (primary N) is 2. The van der Waals surface area contributed by atoms with Gasteiger partial charge in [0.1, 0.15) is 23.7 Å². The number of carbonyl (C=O) groups excluding carboxylic acids is 1. The van der Waals surface area contributed by atoms with Crippen LogP contribution < -0.4 is 21.5 Å². The molecule has 6 N–H and O–H groups in total. The number of rotatable bonds is 6. The van der Waals surface area contributed by atoms with Crippen LogP contribution in [0.4, 0.5) is 22.7 Å². The fraction of sp³-hybridized carbons (Fsp3) is 0.296. The highest BCUT2D eigenvalue weighted by Crippen LogP contribution is 2.52. The lowest BCUT2D eigenvalue weighted by Crippen LogP contribution is -2.52. The van der Waals surface area contributed by atoms with Crippen molar-refractivity contribution in [1.82, 2.24) is 15.3 Å². The molecule has 8 nitrogen and oxygen atoms in total. The van der Waals surface area contributed by atoms with E-state index in [1.807, 2.05) is 0 Å². The van der Waals surface area contributed by atoms with E-state index in [4.69, 9.17) is 16.2 Å². The first kappa shape index (κ1) is 26.4. The topological polar surface area (TPSA) is 136 Å². The van der Waals surface area contributed by atoms with Crippen molar-refractivity contribution in [3.8, 4) is 17.0 Å². The zero-order valence-corrected chi connectivity index (χ0v) is 21.6. The second-order valence-electron chi connectivity index (χ2n) is 10.1. The van der Waals surface area contributed by atoms with Gasteiger partial charge in [-0.1, -0.05) is 11.3 Å². The van der Waals surface area contributed by atoms with Gasteiger partial charge in [-0.15, -0.1) is 0 Å². The summed E-state index contributed by atoms with van der Waals surface area (Å²) in [6.45, 7) is -1.20. The van der Waals surface area contributed by atoms with Crippen molar-refractivity contribution in [2.24, 2.45) is 11.7 Å². The third kappa shape index (κ3) is 4.34. The summed E-state index contributed by atoms with van der Waals surface area (Å²) in [5.41, 5.74) is 7.68. The van der Waals surface area contributed by atoms with E-state index in [0.29, 0.717) is 33.8 Å². The third-order valence-electron chi connectivity index (χ3n) is 7.40. The van der Waals surface area contributed by atoms with Gasteiger partial charge in [-0.3, -0.25) is 4.79 Å². The van der Waals surface area contributed by atoms with Crippen LogP contribution >= 0.6 is 11.3 Å². The average Bonchev–Trinajstić information content (AvgIpc) is 3.62. The molecule has 2 aromatic heterocycles. The van der Waals surface area contributed by atoms with Gasteiger partial charge in [-0.05, 0) is 67.3 Å². The number of hydrogen-bond acceptors (Lipinski definition) is 8. The molecule has 0 saturated heterocycles. The molecule has 208 valence electrons. The van der Waals surface area contributed by atoms with Gasteiger partial charge in [0.25, 0.3) is 5.91 Å². The molecule has 6 rings (SSSR count). The highest BCUT2D eigenvalue weighted by Gasteiger charge is 2.59. The maximum Gasteiger partial charge on any atom is 0.414 e. The summed E-state index contributed by atoms with van der Waals surface area (Å²) >= 11 is 1.22. The van der Waals surface area contributed by atoms with E-state index < -0.39 is 35.6 Å². The zero-order valence-electron chi connectivity index (χ0n) is 20.8. The summed E-state index contributed by atoms with van der Waals surface area (Å²) in [6, 6.07) is 11.0. The normalized spacial score (nSPS) is 20.1. The maximum absolute atomic E-state index is 14.2. The lowest BCUT2D eigenvalue weighted by atomic mass is 9.86. The van der Waals surface area contributed by atoms with E-state index in [1.54, 1.807) is 18.2 Å². The summed E-state index contributed by atoms with van der Waals surface area (Å²) < 4.78 is 62.2. The monoisotopic (exact) mass is 573 g/mol. The molecule has 13 heteroatoms. The van der Waals surface area contributed by atoms with E-state index in [-0.39, 0.29) is 40.7 Å². The number of thiazole rings is 1. The molecule has 2 aromatic carbocycles. The quantitative estimate of drug-likeness (QED) is 0.254. The predicted molar refractivity (Wildman–Crippen MR) is 140 cm³/mol. The Morgan fingerprint density at radius 1 is 1.15 bits per heavy atom. The van der Waals surface area contributed by atoms with Crippen LogP contribution in [-0.2, 0) is 11.1 Å². The summed E-state index contributed by atoms with van der Waals surface area (Å²) in [6.07, 6.45) is -3.72. The Labute approximate surface area is 229 Å². The number of amides is 1. The zero-order chi connectivity index (χ0) is 28.4. The van der Waals surface area contributed by atoms with Crippen LogP contribution in [0.5, 0.6) is 5.75 Å². The number of nitrogen functional groups attached to an aromatic ring is 1. The number of anilines is 1. The molecule has 0 radical (unpaired) electrons. The Hall–Kier alpha value is -3.81. The lowest BCUT2D eigenvalue weighted by molar-refractivity contribution is -0.191. The minimum atomic E-state index is -4.87. The molecule has 2 unspecified atom stereocenters. The number of halogens is 4. The molecule has 2 aliphatic rings. The second-order valence-corrected chi connectivity index (χ2v) is 11.2. The van der Waals surface area contributed by atoms with Gasteiger partial charge in [0.2, 0.25) is 0 Å². The molecule has 3 heterocycles. The molecule has 0 bridgehead atoms. The molecule has 1 saturated carbocycles. The molecule has 40 heavy (non-hydrogen) atoms. The molecule has 0 spiro atoms. The van der Waals surface area contributed by atoms with E-state index >= 15 is 0 Å². The van der Waals surface area contributed by atoms with Gasteiger partial charge in [0.05, 0.1) is 22.5 Å². The molecule has 4 aromatic rings. The average molecular weight is 574 g/mol. The minimum absolute atomic E-state index is 0.0114. The fourth-order valence-electron chi connectivity index (χ4n) is 4.94. The van der Waals surface area contributed by atoms with Gasteiger partial charge in [-0.2, -0.15) is 13.2 Å². The fourth-order valence-corrected chi connectivity index (χ4v) is 5.71. The number of aromatic nitrogens is 2. The van der Waals surface area contributed by atoms with Crippen LogP contribution in [-0.4, -0.2) is 40.3 Å². The predicted octanol–water partition coefficient (Wildman–Crippen LogP) is 4.22. The van der Waals surface area contributed by atoms with Gasteiger partial charge in [-0.25, -0.2) is 14.4 Å². The van der Waals surface area contributed by atoms with Crippen LogP contribution in [0.15, 0.2) is 48.5 Å². The van der Waals surface area contributed by atoms with Crippen molar-refractivity contribution in [3.05, 3.63) is 71.2 Å². The van der Waals surface area contributed by atoms with Crippen LogP contribution in [0, 0.1) is 11.7 Å². The number of pyridine rings is 1. The molecular weight excluding hydrogens is 550 g/mol. The first-order valence-corrected chi connectivity index (χ1v) is 13.2. The van der Waals surface area contributed by atoms with Crippen molar-refractivity contribution in [1.29, 1.82) is 0 Å². The number of benzene rings is 2. The van der Waals surface area contributed by atoms with Gasteiger partial charge >= 0.3 is 6.18 Å². The number of aliphatic hydroxyl groups is 1. The molecular formula is C27H23F4N5O3S. The molecule has 1 amide bonds. The van der Waals surface area contributed by atoms with Crippen LogP contribution in [0.1, 0.15) is 34.5 Å². The summed E-state index contributed by atoms with van der Waals surface area (Å²) in [7, 11) is 0. The highest BCUT2D eigenvalue weighted by molar-refractivity contribution is 7.22. The molecule has 1 aliphatic heterocycles. The number of hydrogen-bond donors (Lipinski definition) is 4. The largest absolute Gasteiger partial charge is 0.488 e. The SMILES string of the molecule is Nc1nc2ccc(C(=O)NCC(O)(c3cc4c(c(-c5ccc(F)cc5)n3)OCC4(N)C(F)(F)F)C3CC3)cc2s1. The first-order valence-electron chi connectivity index (χ1n) is 12.4. The van der Waals surface area contributed by atoms with Crippen LogP contribution in [0.25, 0.3) is 21.5 Å². The van der Waals surface area contributed by atoms with E-state index in [9.17, 15) is 27.5 Å². The van der Waals surface area contributed by atoms with E-state index in [1.165, 1.54) is 23.5 Å². The second kappa shape index (κ2) is 9.11. The van der Waals surface area contributed by atoms with Gasteiger partial charge in [0.15, 0.2) is 16.4 Å². The summed E-state index contributed by atoms with van der Waals surface area (Å²) in [4.78, 5) is 21.7. The van der Waals surface area contributed by atoms with Crippen molar-refractivity contribution >= 4 is 32.6 Å². The Bertz CT molecular complexity index is 1640. The van der Waals surface area contributed by atoms with Crippen molar-refractivity contribution in [2.45, 2.75) is 30.2 Å². The van der Waals surface area contributed by atoms with E-state index in [0.717, 1.165) is 18.2 Å². The molecule has 2 atom stereocenters. The first-order chi connectivity index (χ1) is 18.9. The Morgan fingerprint density at radius 3 is 2.55 bits per heavy atom. The van der Waals surface area contributed by atoms with Crippen molar-refractivity contribution in [3.63, 3.8) is 0 Å². The molecule has 1 fully saturated rings. The maximum atomic E-state index is 14.2. The number of fused-ring (bicyclic) bond motifs is 2. The number of nitrogens with one attached hydrogen (secondary N) is 1. The number of ether oxygens (including phenoxy) is 1. The van der Waals surface area contributed by atoms with Crippen molar-refractivity contribution < 1.29 is 32.2 Å². The Morgan fingerprint density at radius 2 is 1.88 bits per heavy atom. The standard InChI is InChI=1S/C27H23F4N5O3S/c28-16-6-1-13(2-7-16)21-22-17(26(33,12-39-22)27(29,30)31)10-20(36-21)25(38,15-4-5-15)11-34-23(37)14-3-8-18-19(9-14)40-24(32)35-18/h1-3,6-10,15,38H,4-5,11-12,33H2,(H2,32,35)(H,34,37). The summed E-state index contributed by atoms with van der Waals surface area (Å²) in [5.74, 6) is -1.60. The van der Waals surface area contributed by atoms with Crippen molar-refractivity contribution in [2.75, 3.05) is 18.9 Å². The van der Waals surface area contributed by atoms with Crippen LogP contribution in [0.2, 0.25) is 0 Å². The van der Waals surface area contributed by atoms with Gasteiger partial charge < -0.3 is 26.6 Å². The smallest absolute Gasteiger partial charge is 0.414 e. The number of alkyl halides is 3.